The van der Waals surface area contributed by atoms with E-state index in [0.29, 0.717) is 27.8 Å². The molecule has 6 nitrogen and oxygen atoms in total. The van der Waals surface area contributed by atoms with Crippen LogP contribution in [0.25, 0.3) is 0 Å². The van der Waals surface area contributed by atoms with Crippen LogP contribution >= 0.6 is 35.1 Å². The number of hydrogen-bond donors (Lipinski definition) is 1. The van der Waals surface area contributed by atoms with Gasteiger partial charge in [0.05, 0.1) is 35.3 Å². The number of methoxy groups -OCH3 is 1. The van der Waals surface area contributed by atoms with Crippen molar-refractivity contribution in [2.24, 2.45) is 4.99 Å². The average molecular weight is 526 g/mol. The van der Waals surface area contributed by atoms with E-state index in [9.17, 15) is 4.79 Å². The number of thioether (sulfide) groups is 2. The molecule has 0 fully saturated rings. The lowest BCUT2D eigenvalue weighted by Crippen LogP contribution is -2.32. The molecule has 3 aromatic carbocycles. The number of nitrogens with one attached hydrogen (secondary N) is 1. The van der Waals surface area contributed by atoms with Crippen molar-refractivity contribution < 1.29 is 14.3 Å². The third-order valence-electron chi connectivity index (χ3n) is 4.85. The summed E-state index contributed by atoms with van der Waals surface area (Å²) < 4.78 is 11.3. The van der Waals surface area contributed by atoms with E-state index >= 15 is 0 Å². The molecule has 180 valence electrons. The minimum Gasteiger partial charge on any atom is -0.495 e. The van der Waals surface area contributed by atoms with Gasteiger partial charge in [-0.3, -0.25) is 9.79 Å². The molecular weight excluding hydrogens is 502 g/mol. The van der Waals surface area contributed by atoms with Crippen LogP contribution in [0.5, 0.6) is 11.5 Å². The lowest BCUT2D eigenvalue weighted by atomic mass is 10.1. The van der Waals surface area contributed by atoms with E-state index in [4.69, 9.17) is 26.3 Å². The van der Waals surface area contributed by atoms with Gasteiger partial charge < -0.3 is 14.8 Å². The second-order valence-corrected chi connectivity index (χ2v) is 9.84. The van der Waals surface area contributed by atoms with Crippen LogP contribution in [-0.2, 0) is 4.79 Å². The van der Waals surface area contributed by atoms with Gasteiger partial charge >= 0.3 is 0 Å². The fraction of sp³-hybridized carbons (Fsp3) is 0.192. The first-order chi connectivity index (χ1) is 17.0. The molecule has 3 rings (SSSR count). The summed E-state index contributed by atoms with van der Waals surface area (Å²) in [5.74, 6) is 1.93. The zero-order valence-corrected chi connectivity index (χ0v) is 21.7. The Morgan fingerprint density at radius 2 is 1.89 bits per heavy atom. The average Bonchev–Trinajstić information content (AvgIpc) is 2.88. The molecule has 0 bridgehead atoms. The van der Waals surface area contributed by atoms with Gasteiger partial charge in [0.1, 0.15) is 11.5 Å². The molecule has 1 unspecified atom stereocenters. The quantitative estimate of drug-likeness (QED) is 0.171. The van der Waals surface area contributed by atoms with Gasteiger partial charge in [0.15, 0.2) is 0 Å². The highest BCUT2D eigenvalue weighted by molar-refractivity contribution is 7.99. The molecule has 1 atom stereocenters. The van der Waals surface area contributed by atoms with E-state index in [0.717, 1.165) is 21.1 Å². The summed E-state index contributed by atoms with van der Waals surface area (Å²) in [6.45, 7) is 5.67. The molecule has 0 aromatic heterocycles. The fourth-order valence-corrected chi connectivity index (χ4v) is 4.85. The highest BCUT2D eigenvalue weighted by Gasteiger charge is 2.23. The maximum Gasteiger partial charge on any atom is 0.266 e. The zero-order chi connectivity index (χ0) is 25.2. The van der Waals surface area contributed by atoms with E-state index in [-0.39, 0.29) is 11.8 Å². The van der Waals surface area contributed by atoms with Crippen LogP contribution < -0.4 is 14.8 Å². The predicted molar refractivity (Wildman–Crippen MR) is 143 cm³/mol. The number of nitriles is 1. The number of rotatable bonds is 11. The largest absolute Gasteiger partial charge is 0.495 e. The van der Waals surface area contributed by atoms with Gasteiger partial charge in [0.2, 0.25) is 6.10 Å². The maximum absolute atomic E-state index is 13.2. The van der Waals surface area contributed by atoms with E-state index in [2.05, 4.69) is 30.0 Å². The van der Waals surface area contributed by atoms with Gasteiger partial charge in [-0.2, -0.15) is 5.26 Å². The van der Waals surface area contributed by atoms with Gasteiger partial charge in [0.25, 0.3) is 5.91 Å². The number of carbonyl (C=O) groups excluding carboxylic acids is 1. The monoisotopic (exact) mass is 525 g/mol. The third kappa shape index (κ3) is 7.18. The molecule has 0 saturated heterocycles. The number of aliphatic imine (C=N–C) groups is 1. The number of amides is 1. The standard InChI is InChI=1S/C26H24ClN3O3S2/c1-4-34-20-11-7-18(8-12-20)25(33-19-9-5-17(15-28)6-10-19)26(31)30-16-35-24-14-23(32-3)21(27)13-22(24)29-2/h5-14,25H,2,4,16H2,1,3H3,(H,30,31). The summed E-state index contributed by atoms with van der Waals surface area (Å²) in [5.41, 5.74) is 1.84. The molecule has 35 heavy (non-hydrogen) atoms. The molecule has 0 heterocycles. The normalized spacial score (nSPS) is 11.3. The Morgan fingerprint density at radius 3 is 2.49 bits per heavy atom. The Hall–Kier alpha value is -3.12. The Balaban J connectivity index is 1.77. The van der Waals surface area contributed by atoms with Crippen LogP contribution in [0, 0.1) is 11.3 Å². The molecule has 0 aliphatic carbocycles. The number of ether oxygens (including phenoxy) is 2. The predicted octanol–water partition coefficient (Wildman–Crippen LogP) is 6.65. The SMILES string of the molecule is C=Nc1cc(Cl)c(OC)cc1SCNC(=O)C(Oc1ccc(C#N)cc1)c1ccc(SCC)cc1. The molecule has 1 amide bonds. The summed E-state index contributed by atoms with van der Waals surface area (Å²) in [4.78, 5) is 19.1. The Kier molecular flexibility index (Phi) is 9.91. The highest BCUT2D eigenvalue weighted by atomic mass is 35.5. The number of carbonyl (C=O) groups is 1. The Morgan fingerprint density at radius 1 is 1.17 bits per heavy atom. The second kappa shape index (κ2) is 13.1. The summed E-state index contributed by atoms with van der Waals surface area (Å²) in [6, 6.07) is 19.9. The van der Waals surface area contributed by atoms with Crippen molar-refractivity contribution in [1.29, 1.82) is 5.26 Å². The first kappa shape index (κ1) is 26.5. The van der Waals surface area contributed by atoms with E-state index in [1.807, 2.05) is 24.3 Å². The van der Waals surface area contributed by atoms with Crippen molar-refractivity contribution in [3.63, 3.8) is 0 Å². The molecule has 1 N–H and O–H groups in total. The van der Waals surface area contributed by atoms with Crippen molar-refractivity contribution in [3.8, 4) is 17.6 Å². The van der Waals surface area contributed by atoms with E-state index in [1.165, 1.54) is 18.9 Å². The molecule has 3 aromatic rings. The zero-order valence-electron chi connectivity index (χ0n) is 19.3. The van der Waals surface area contributed by atoms with E-state index < -0.39 is 6.10 Å². The first-order valence-corrected chi connectivity index (χ1v) is 13.0. The van der Waals surface area contributed by atoms with Gasteiger partial charge in [-0.05, 0) is 61.0 Å². The molecule has 0 aliphatic rings. The molecular formula is C26H24ClN3O3S2. The third-order valence-corrected chi connectivity index (χ3v) is 6.96. The van der Waals surface area contributed by atoms with Crippen LogP contribution in [0.3, 0.4) is 0 Å². The van der Waals surface area contributed by atoms with Gasteiger partial charge in [-0.25, -0.2) is 0 Å². The van der Waals surface area contributed by atoms with Crippen molar-refractivity contribution in [2.75, 3.05) is 18.7 Å². The molecule has 0 saturated carbocycles. The molecule has 0 aliphatic heterocycles. The van der Waals surface area contributed by atoms with Gasteiger partial charge in [-0.1, -0.05) is 30.7 Å². The molecule has 0 spiro atoms. The van der Waals surface area contributed by atoms with Crippen LogP contribution in [0.1, 0.15) is 24.2 Å². The van der Waals surface area contributed by atoms with Crippen molar-refractivity contribution >= 4 is 53.4 Å². The summed E-state index contributed by atoms with van der Waals surface area (Å²) >= 11 is 9.27. The number of benzene rings is 3. The first-order valence-electron chi connectivity index (χ1n) is 10.6. The minimum atomic E-state index is -0.874. The smallest absolute Gasteiger partial charge is 0.266 e. The summed E-state index contributed by atoms with van der Waals surface area (Å²) in [6.07, 6.45) is -0.874. The van der Waals surface area contributed by atoms with Gasteiger partial charge in [0, 0.05) is 15.4 Å². The van der Waals surface area contributed by atoms with Crippen LogP contribution in [0.4, 0.5) is 5.69 Å². The molecule has 0 radical (unpaired) electrons. The number of nitrogens with zero attached hydrogens (tertiary/aromatic N) is 2. The highest BCUT2D eigenvalue weighted by Crippen LogP contribution is 2.38. The van der Waals surface area contributed by atoms with Crippen molar-refractivity contribution in [1.82, 2.24) is 5.32 Å². The topological polar surface area (TPSA) is 83.7 Å². The van der Waals surface area contributed by atoms with E-state index in [1.54, 1.807) is 48.2 Å². The Labute approximate surface area is 218 Å². The summed E-state index contributed by atoms with van der Waals surface area (Å²) in [5, 5.41) is 12.4. The maximum atomic E-state index is 13.2. The van der Waals surface area contributed by atoms with Gasteiger partial charge in [-0.15, -0.1) is 23.5 Å². The second-order valence-electron chi connectivity index (χ2n) is 7.08. The lowest BCUT2D eigenvalue weighted by molar-refractivity contribution is -0.127. The van der Waals surface area contributed by atoms with Crippen molar-refractivity contribution in [2.45, 2.75) is 22.8 Å². The van der Waals surface area contributed by atoms with Crippen LogP contribution in [0.2, 0.25) is 5.02 Å². The molecule has 9 heteroatoms. The lowest BCUT2D eigenvalue weighted by Gasteiger charge is -2.20. The number of hydrogen-bond acceptors (Lipinski definition) is 7. The van der Waals surface area contributed by atoms with Crippen LogP contribution in [0.15, 0.2) is 75.4 Å². The van der Waals surface area contributed by atoms with Crippen LogP contribution in [-0.4, -0.2) is 31.4 Å². The Bertz CT molecular complexity index is 1210. The summed E-state index contributed by atoms with van der Waals surface area (Å²) in [7, 11) is 1.54. The van der Waals surface area contributed by atoms with Crippen molar-refractivity contribution in [3.05, 3.63) is 76.8 Å². The fourth-order valence-electron chi connectivity index (χ4n) is 3.12. The minimum absolute atomic E-state index is 0.267. The number of halogens is 1.